The number of benzene rings is 2. The van der Waals surface area contributed by atoms with E-state index in [0.717, 1.165) is 24.8 Å². The van der Waals surface area contributed by atoms with Crippen LogP contribution in [0.25, 0.3) is 0 Å². The summed E-state index contributed by atoms with van der Waals surface area (Å²) in [6.07, 6.45) is 4.65. The Hall–Kier alpha value is -2.46. The molecule has 2 rings (SSSR count). The van der Waals surface area contributed by atoms with Crippen molar-refractivity contribution in [2.45, 2.75) is 44.9 Å². The average molecular weight is 353 g/mol. The molecule has 0 aliphatic rings. The summed E-state index contributed by atoms with van der Waals surface area (Å²) in [5, 5.41) is 8.68. The normalized spacial score (nSPS) is 11.7. The van der Waals surface area contributed by atoms with Gasteiger partial charge in [-0.1, -0.05) is 60.7 Å². The first-order chi connectivity index (χ1) is 12.7. The molecule has 2 N–H and O–H groups in total. The first-order valence-electron chi connectivity index (χ1n) is 9.20. The fourth-order valence-corrected chi connectivity index (χ4v) is 3.19. The maximum atomic E-state index is 12.2. The Morgan fingerprint density at radius 2 is 1.46 bits per heavy atom. The van der Waals surface area contributed by atoms with E-state index in [0.29, 0.717) is 31.6 Å². The van der Waals surface area contributed by atoms with E-state index in [1.807, 2.05) is 48.5 Å². The van der Waals surface area contributed by atoms with Gasteiger partial charge in [0, 0.05) is 19.3 Å². The van der Waals surface area contributed by atoms with Crippen LogP contribution in [-0.4, -0.2) is 16.9 Å². The Bertz CT molecular complexity index is 670. The second kappa shape index (κ2) is 11.2. The molecule has 2 aromatic carbocycles. The zero-order valence-electron chi connectivity index (χ0n) is 15.1. The van der Waals surface area contributed by atoms with Crippen molar-refractivity contribution in [2.24, 2.45) is 5.92 Å². The molecule has 4 heteroatoms. The topological polar surface area (TPSA) is 66.4 Å². The van der Waals surface area contributed by atoms with Crippen molar-refractivity contribution in [3.8, 4) is 0 Å². The molecular weight excluding hydrogens is 326 g/mol. The predicted octanol–water partition coefficient (Wildman–Crippen LogP) is 4.11. The monoisotopic (exact) mass is 353 g/mol. The van der Waals surface area contributed by atoms with Crippen molar-refractivity contribution in [1.82, 2.24) is 5.48 Å². The fraction of sp³-hybridized carbons (Fsp3) is 0.364. The third-order valence-corrected chi connectivity index (χ3v) is 4.58. The van der Waals surface area contributed by atoms with Gasteiger partial charge in [-0.3, -0.25) is 14.8 Å². The lowest BCUT2D eigenvalue weighted by Gasteiger charge is -2.16. The van der Waals surface area contributed by atoms with E-state index in [4.69, 9.17) is 5.21 Å². The molecule has 0 aliphatic carbocycles. The van der Waals surface area contributed by atoms with E-state index in [9.17, 15) is 9.59 Å². The molecule has 0 fully saturated rings. The summed E-state index contributed by atoms with van der Waals surface area (Å²) in [4.78, 5) is 23.5. The molecule has 0 saturated heterocycles. The Morgan fingerprint density at radius 3 is 2.08 bits per heavy atom. The molecule has 0 unspecified atom stereocenters. The summed E-state index contributed by atoms with van der Waals surface area (Å²) in [5.74, 6) is 0.213. The minimum absolute atomic E-state index is 0.253. The minimum Gasteiger partial charge on any atom is -0.299 e. The number of nitrogens with one attached hydrogen (secondary N) is 1. The average Bonchev–Trinajstić information content (AvgIpc) is 2.67. The Balaban J connectivity index is 1.81. The lowest BCUT2D eigenvalue weighted by Crippen LogP contribution is -2.20. The maximum Gasteiger partial charge on any atom is 0.243 e. The number of hydroxylamine groups is 1. The number of Topliss-reactive ketones (excluding diaryl/α,β-unsaturated/α-hetero) is 1. The first-order valence-corrected chi connectivity index (χ1v) is 9.20. The maximum absolute atomic E-state index is 12.2. The highest BCUT2D eigenvalue weighted by molar-refractivity contribution is 5.80. The number of hydrogen-bond donors (Lipinski definition) is 2. The van der Waals surface area contributed by atoms with Crippen LogP contribution in [0.2, 0.25) is 0 Å². The minimum atomic E-state index is -0.358. The van der Waals surface area contributed by atoms with Gasteiger partial charge < -0.3 is 0 Å². The Morgan fingerprint density at radius 1 is 0.846 bits per heavy atom. The standard InChI is InChI=1S/C22H27NO3/c24-21(17-19-10-5-2-6-11-19)13-7-12-20(14-15-22(25)23-26)16-18-8-3-1-4-9-18/h1-6,8-11,20,26H,7,12-17H2,(H,23,25)/t20-/m1/s1. The number of rotatable bonds is 11. The van der Waals surface area contributed by atoms with Gasteiger partial charge in [0.15, 0.2) is 0 Å². The van der Waals surface area contributed by atoms with Crippen LogP contribution >= 0.6 is 0 Å². The van der Waals surface area contributed by atoms with Crippen molar-refractivity contribution in [1.29, 1.82) is 0 Å². The molecule has 0 radical (unpaired) electrons. The number of ketones is 1. The van der Waals surface area contributed by atoms with Gasteiger partial charge in [0.2, 0.25) is 5.91 Å². The summed E-state index contributed by atoms with van der Waals surface area (Å²) in [5.41, 5.74) is 3.98. The molecule has 4 nitrogen and oxygen atoms in total. The number of hydrogen-bond acceptors (Lipinski definition) is 3. The van der Waals surface area contributed by atoms with Crippen LogP contribution in [0.15, 0.2) is 60.7 Å². The zero-order valence-corrected chi connectivity index (χ0v) is 15.1. The molecule has 0 bridgehead atoms. The van der Waals surface area contributed by atoms with Crippen LogP contribution in [0, 0.1) is 5.92 Å². The molecule has 2 aromatic rings. The fourth-order valence-electron chi connectivity index (χ4n) is 3.19. The Kier molecular flexibility index (Phi) is 8.56. The van der Waals surface area contributed by atoms with Crippen LogP contribution < -0.4 is 5.48 Å². The van der Waals surface area contributed by atoms with E-state index in [2.05, 4.69) is 12.1 Å². The van der Waals surface area contributed by atoms with E-state index < -0.39 is 0 Å². The van der Waals surface area contributed by atoms with Crippen LogP contribution in [0.5, 0.6) is 0 Å². The summed E-state index contributed by atoms with van der Waals surface area (Å²) < 4.78 is 0. The van der Waals surface area contributed by atoms with E-state index in [1.165, 1.54) is 5.56 Å². The third kappa shape index (κ3) is 7.62. The molecule has 0 spiro atoms. The molecule has 1 amide bonds. The van der Waals surface area contributed by atoms with Gasteiger partial charge in [0.25, 0.3) is 0 Å². The second-order valence-corrected chi connectivity index (χ2v) is 6.72. The number of amides is 1. The SMILES string of the molecule is O=C(CCC[C@H](CCC(=O)NO)Cc1ccccc1)Cc1ccccc1. The largest absolute Gasteiger partial charge is 0.299 e. The molecule has 0 aliphatic heterocycles. The smallest absolute Gasteiger partial charge is 0.243 e. The van der Waals surface area contributed by atoms with Gasteiger partial charge in [-0.2, -0.15) is 0 Å². The molecular formula is C22H27NO3. The van der Waals surface area contributed by atoms with Crippen molar-refractivity contribution in [2.75, 3.05) is 0 Å². The van der Waals surface area contributed by atoms with E-state index >= 15 is 0 Å². The van der Waals surface area contributed by atoms with Gasteiger partial charge in [-0.15, -0.1) is 0 Å². The van der Waals surface area contributed by atoms with Gasteiger partial charge >= 0.3 is 0 Å². The number of carbonyl (C=O) groups is 2. The van der Waals surface area contributed by atoms with Crippen LogP contribution in [0.4, 0.5) is 0 Å². The lowest BCUT2D eigenvalue weighted by atomic mass is 9.89. The van der Waals surface area contributed by atoms with Gasteiger partial charge in [-0.25, -0.2) is 5.48 Å². The predicted molar refractivity (Wildman–Crippen MR) is 102 cm³/mol. The molecule has 0 saturated carbocycles. The van der Waals surface area contributed by atoms with E-state index in [-0.39, 0.29) is 11.7 Å². The van der Waals surface area contributed by atoms with Gasteiger partial charge in [0.1, 0.15) is 5.78 Å². The van der Waals surface area contributed by atoms with Crippen molar-refractivity contribution >= 4 is 11.7 Å². The Labute approximate surface area is 155 Å². The second-order valence-electron chi connectivity index (χ2n) is 6.72. The highest BCUT2D eigenvalue weighted by Gasteiger charge is 2.13. The number of carbonyl (C=O) groups excluding carboxylic acids is 2. The molecule has 26 heavy (non-hydrogen) atoms. The zero-order chi connectivity index (χ0) is 18.6. The molecule has 0 aromatic heterocycles. The third-order valence-electron chi connectivity index (χ3n) is 4.58. The highest BCUT2D eigenvalue weighted by Crippen LogP contribution is 2.21. The summed E-state index contributed by atoms with van der Waals surface area (Å²) in [7, 11) is 0. The molecule has 0 heterocycles. The lowest BCUT2D eigenvalue weighted by molar-refractivity contribution is -0.129. The molecule has 138 valence electrons. The quantitative estimate of drug-likeness (QED) is 0.472. The summed E-state index contributed by atoms with van der Waals surface area (Å²) in [6, 6.07) is 20.0. The van der Waals surface area contributed by atoms with Crippen LogP contribution in [-0.2, 0) is 22.4 Å². The van der Waals surface area contributed by atoms with Crippen LogP contribution in [0.3, 0.4) is 0 Å². The summed E-state index contributed by atoms with van der Waals surface area (Å²) >= 11 is 0. The highest BCUT2D eigenvalue weighted by atomic mass is 16.5. The van der Waals surface area contributed by atoms with E-state index in [1.54, 1.807) is 5.48 Å². The van der Waals surface area contributed by atoms with Gasteiger partial charge in [-0.05, 0) is 42.7 Å². The molecule has 1 atom stereocenters. The van der Waals surface area contributed by atoms with Crippen molar-refractivity contribution in [3.63, 3.8) is 0 Å². The summed E-state index contributed by atoms with van der Waals surface area (Å²) in [6.45, 7) is 0. The van der Waals surface area contributed by atoms with Crippen molar-refractivity contribution < 1.29 is 14.8 Å². The van der Waals surface area contributed by atoms with Gasteiger partial charge in [0.05, 0.1) is 0 Å². The first kappa shape index (κ1) is 19.9. The van der Waals surface area contributed by atoms with Crippen molar-refractivity contribution in [3.05, 3.63) is 71.8 Å². The van der Waals surface area contributed by atoms with Crippen LogP contribution in [0.1, 0.15) is 43.2 Å².